The van der Waals surface area contributed by atoms with Gasteiger partial charge in [-0.2, -0.15) is 10.4 Å². The van der Waals surface area contributed by atoms with Crippen molar-refractivity contribution in [3.63, 3.8) is 0 Å². The summed E-state index contributed by atoms with van der Waals surface area (Å²) >= 11 is 0. The molecule has 0 amide bonds. The molecule has 160 valence electrons. The molecule has 1 aromatic heterocycles. The fourth-order valence-electron chi connectivity index (χ4n) is 3.38. The Morgan fingerprint density at radius 2 is 2.23 bits per heavy atom. The molecule has 3 rings (SSSR count). The maximum absolute atomic E-state index is 11.8. The van der Waals surface area contributed by atoms with E-state index < -0.39 is 36.2 Å². The Bertz CT molecular complexity index is 932. The van der Waals surface area contributed by atoms with Crippen LogP contribution < -0.4 is 5.73 Å². The van der Waals surface area contributed by atoms with Crippen molar-refractivity contribution >= 4 is 24.2 Å². The molecule has 11 nitrogen and oxygen atoms in total. The first-order chi connectivity index (χ1) is 14.2. The molecule has 1 aromatic rings. The summed E-state index contributed by atoms with van der Waals surface area (Å²) in [6, 6.07) is 5.26. The lowest BCUT2D eigenvalue weighted by Crippen LogP contribution is -2.40. The molecule has 0 saturated carbocycles. The lowest BCUT2D eigenvalue weighted by atomic mass is 9.92. The van der Waals surface area contributed by atoms with Crippen molar-refractivity contribution in [2.45, 2.75) is 50.8 Å². The highest BCUT2D eigenvalue weighted by atomic mass is 16.8. The van der Waals surface area contributed by atoms with Crippen LogP contribution in [0.4, 0.5) is 9.59 Å². The number of rotatable bonds is 6. The summed E-state index contributed by atoms with van der Waals surface area (Å²) in [5.41, 5.74) is 4.94. The number of aromatic nitrogens is 1. The minimum atomic E-state index is -1.78. The molecule has 0 spiro atoms. The average Bonchev–Trinajstić information content (AvgIpc) is 3.33. The van der Waals surface area contributed by atoms with Gasteiger partial charge in [-0.25, -0.2) is 14.3 Å². The second-order valence-electron chi connectivity index (χ2n) is 6.92. The smallest absolute Gasteiger partial charge is 0.432 e. The number of nitrogens with two attached hydrogens (primary N) is 1. The Morgan fingerprint density at radius 3 is 2.83 bits per heavy atom. The lowest BCUT2D eigenvalue weighted by molar-refractivity contribution is -0.0894. The molecule has 0 bridgehead atoms. The highest BCUT2D eigenvalue weighted by Gasteiger charge is 2.65. The maximum Gasteiger partial charge on any atom is 0.509 e. The van der Waals surface area contributed by atoms with Crippen molar-refractivity contribution < 1.29 is 33.3 Å². The summed E-state index contributed by atoms with van der Waals surface area (Å²) in [5, 5.41) is 14.3. The first-order valence-corrected chi connectivity index (χ1v) is 9.19. The minimum absolute atomic E-state index is 0.213. The van der Waals surface area contributed by atoms with E-state index in [2.05, 4.69) is 17.7 Å². The third kappa shape index (κ3) is 3.57. The van der Waals surface area contributed by atoms with Crippen molar-refractivity contribution in [3.05, 3.63) is 30.1 Å². The monoisotopic (exact) mass is 418 g/mol. The number of carbonyl (C=O) groups is 2. The van der Waals surface area contributed by atoms with Gasteiger partial charge in [-0.15, -0.1) is 0 Å². The van der Waals surface area contributed by atoms with Gasteiger partial charge in [0.1, 0.15) is 18.8 Å². The number of nitriles is 1. The van der Waals surface area contributed by atoms with Crippen molar-refractivity contribution in [2.75, 3.05) is 6.61 Å². The topological polar surface area (TPSA) is 147 Å². The summed E-state index contributed by atoms with van der Waals surface area (Å²) in [7, 11) is 0. The predicted octanol–water partition coefficient (Wildman–Crippen LogP) is 1.85. The van der Waals surface area contributed by atoms with E-state index in [0.29, 0.717) is 5.69 Å². The quantitative estimate of drug-likeness (QED) is 0.540. The first-order valence-electron chi connectivity index (χ1n) is 9.19. The number of ether oxygens (including phenoxy) is 5. The van der Waals surface area contributed by atoms with Crippen molar-refractivity contribution in [1.82, 2.24) is 4.68 Å². The Balaban J connectivity index is 1.97. The first kappa shape index (κ1) is 21.2. The van der Waals surface area contributed by atoms with E-state index in [-0.39, 0.29) is 24.1 Å². The number of nitrogens with zero attached hydrogens (tertiary/aromatic N) is 3. The third-order valence-electron chi connectivity index (χ3n) is 4.52. The van der Waals surface area contributed by atoms with Crippen LogP contribution in [0, 0.1) is 11.3 Å². The maximum atomic E-state index is 11.8. The van der Waals surface area contributed by atoms with E-state index in [4.69, 9.17) is 29.4 Å². The van der Waals surface area contributed by atoms with Crippen LogP contribution >= 0.6 is 0 Å². The molecule has 2 aliphatic rings. The molecule has 30 heavy (non-hydrogen) atoms. The molecule has 2 fully saturated rings. The van der Waals surface area contributed by atoms with Crippen LogP contribution in [0.3, 0.4) is 0 Å². The molecule has 2 unspecified atom stereocenters. The van der Waals surface area contributed by atoms with Gasteiger partial charge in [0.25, 0.3) is 0 Å². The van der Waals surface area contributed by atoms with Gasteiger partial charge in [0.05, 0.1) is 23.2 Å². The van der Waals surface area contributed by atoms with Crippen molar-refractivity contribution in [1.29, 1.82) is 5.26 Å². The summed E-state index contributed by atoms with van der Waals surface area (Å²) < 4.78 is 27.8. The second kappa shape index (κ2) is 8.08. The van der Waals surface area contributed by atoms with Gasteiger partial charge in [0, 0.05) is 6.21 Å². The largest absolute Gasteiger partial charge is 0.509 e. The van der Waals surface area contributed by atoms with Gasteiger partial charge in [-0.1, -0.05) is 6.58 Å². The minimum Gasteiger partial charge on any atom is -0.432 e. The molecule has 4 atom stereocenters. The molecule has 2 N–H and O–H groups in total. The van der Waals surface area contributed by atoms with Crippen molar-refractivity contribution in [3.8, 4) is 6.07 Å². The summed E-state index contributed by atoms with van der Waals surface area (Å²) in [5.74, 6) is 0. The van der Waals surface area contributed by atoms with Crippen LogP contribution in [0.25, 0.3) is 5.70 Å². The van der Waals surface area contributed by atoms with E-state index in [9.17, 15) is 14.9 Å². The summed E-state index contributed by atoms with van der Waals surface area (Å²) in [6.45, 7) is 8.40. The third-order valence-corrected chi connectivity index (χ3v) is 4.52. The van der Waals surface area contributed by atoms with Crippen LogP contribution in [0.15, 0.2) is 23.8 Å². The molecule has 2 saturated heterocycles. The van der Waals surface area contributed by atoms with Crippen molar-refractivity contribution in [2.24, 2.45) is 10.8 Å². The molecular formula is C19H22N4O7. The standard InChI is InChI=1S/C19H22N4O7/c1-5-22-23-12(11(4)21)6-7-14(23)19(9-20)16-15(28-18(25)29-16)13(30-19)8-26-17(24)27-10(2)3/h5-7,10,13,15-16H,4,8,21H2,1-3H3/b22-5-/t13?,15-,16-,19?/m1/s1. The van der Waals surface area contributed by atoms with E-state index in [1.54, 1.807) is 32.9 Å². The Morgan fingerprint density at radius 1 is 1.50 bits per heavy atom. The molecule has 2 aliphatic heterocycles. The number of fused-ring (bicyclic) bond motifs is 1. The summed E-state index contributed by atoms with van der Waals surface area (Å²) in [6.07, 6.45) is -3.83. The van der Waals surface area contributed by atoms with E-state index in [1.165, 1.54) is 10.9 Å². The average molecular weight is 418 g/mol. The van der Waals surface area contributed by atoms with Gasteiger partial charge < -0.3 is 29.4 Å². The van der Waals surface area contributed by atoms with Crippen LogP contribution in [0.5, 0.6) is 0 Å². The van der Waals surface area contributed by atoms with E-state index >= 15 is 0 Å². The van der Waals surface area contributed by atoms with E-state index in [0.717, 1.165) is 0 Å². The van der Waals surface area contributed by atoms with E-state index in [1.807, 2.05) is 0 Å². The zero-order valence-electron chi connectivity index (χ0n) is 16.7. The zero-order chi connectivity index (χ0) is 22.1. The van der Waals surface area contributed by atoms with Gasteiger partial charge in [0.2, 0.25) is 5.60 Å². The Labute approximate surface area is 172 Å². The number of carbonyl (C=O) groups excluding carboxylic acids is 2. The molecule has 3 heterocycles. The van der Waals surface area contributed by atoms with Crippen LogP contribution in [0.2, 0.25) is 0 Å². The van der Waals surface area contributed by atoms with Crippen LogP contribution in [-0.2, 0) is 29.3 Å². The second-order valence-corrected chi connectivity index (χ2v) is 6.92. The zero-order valence-corrected chi connectivity index (χ0v) is 16.7. The molecule has 0 aliphatic carbocycles. The highest BCUT2D eigenvalue weighted by Crippen LogP contribution is 2.46. The predicted molar refractivity (Wildman–Crippen MR) is 102 cm³/mol. The normalized spacial score (nSPS) is 27.4. The molecule has 11 heteroatoms. The molecule has 0 radical (unpaired) electrons. The van der Waals surface area contributed by atoms with Gasteiger partial charge in [-0.05, 0) is 32.9 Å². The SMILES string of the molecule is C=C(N)c1ccc(C2(C#N)OC(COC(=O)OC(C)C)[C@H]3OC(=O)O[C@H]32)n1/N=C\C. The lowest BCUT2D eigenvalue weighted by Gasteiger charge is -2.25. The Kier molecular flexibility index (Phi) is 5.71. The fourth-order valence-corrected chi connectivity index (χ4v) is 3.38. The Hall–Kier alpha value is -3.52. The highest BCUT2D eigenvalue weighted by molar-refractivity contribution is 5.65. The van der Waals surface area contributed by atoms with Crippen LogP contribution in [-0.4, -0.2) is 54.2 Å². The fraction of sp³-hybridized carbons (Fsp3) is 0.474. The van der Waals surface area contributed by atoms with Gasteiger partial charge >= 0.3 is 12.3 Å². The molecular weight excluding hydrogens is 396 g/mol. The number of hydrogen-bond acceptors (Lipinski definition) is 10. The number of hydrogen-bond donors (Lipinski definition) is 1. The van der Waals surface area contributed by atoms with Gasteiger partial charge in [-0.3, -0.25) is 0 Å². The summed E-state index contributed by atoms with van der Waals surface area (Å²) in [4.78, 5) is 23.6. The molecule has 0 aromatic carbocycles. The van der Waals surface area contributed by atoms with Gasteiger partial charge in [0.15, 0.2) is 12.2 Å². The van der Waals surface area contributed by atoms with Crippen LogP contribution in [0.1, 0.15) is 32.2 Å².